The Morgan fingerprint density at radius 2 is 1.55 bits per heavy atom. The van der Waals surface area contributed by atoms with Crippen LogP contribution in [-0.2, 0) is 6.18 Å². The second kappa shape index (κ2) is 6.67. The van der Waals surface area contributed by atoms with E-state index in [0.29, 0.717) is 24.0 Å². The largest absolute Gasteiger partial charge is 0.416 e. The third-order valence-corrected chi connectivity index (χ3v) is 3.96. The normalized spacial score (nSPS) is 15.9. The molecule has 22 heavy (non-hydrogen) atoms. The average molecular weight is 312 g/mol. The van der Waals surface area contributed by atoms with Crippen molar-refractivity contribution in [2.24, 2.45) is 0 Å². The molecule has 0 aliphatic heterocycles. The first kappa shape index (κ1) is 16.8. The first-order valence-electron chi connectivity index (χ1n) is 7.66. The SMILES string of the molecule is CCCC1=C(CCC)C(F)=C(c2ccc(C(F)(F)F)cc2)C1. The molecule has 0 fully saturated rings. The van der Waals surface area contributed by atoms with Crippen LogP contribution in [0.1, 0.15) is 57.1 Å². The number of hydrogen-bond acceptors (Lipinski definition) is 0. The van der Waals surface area contributed by atoms with Gasteiger partial charge in [0.2, 0.25) is 0 Å². The third kappa shape index (κ3) is 3.42. The van der Waals surface area contributed by atoms with Gasteiger partial charge in [-0.05, 0) is 48.1 Å². The molecular weight excluding hydrogens is 292 g/mol. The second-order valence-corrected chi connectivity index (χ2v) is 5.63. The van der Waals surface area contributed by atoms with E-state index in [2.05, 4.69) is 0 Å². The minimum atomic E-state index is -4.36. The van der Waals surface area contributed by atoms with Gasteiger partial charge >= 0.3 is 6.18 Å². The van der Waals surface area contributed by atoms with Gasteiger partial charge in [-0.2, -0.15) is 13.2 Å². The summed E-state index contributed by atoms with van der Waals surface area (Å²) in [5, 5.41) is 0. The summed E-state index contributed by atoms with van der Waals surface area (Å²) in [6, 6.07) is 4.78. The predicted octanol–water partition coefficient (Wildman–Crippen LogP) is 6.69. The van der Waals surface area contributed by atoms with Crippen molar-refractivity contribution < 1.29 is 17.6 Å². The lowest BCUT2D eigenvalue weighted by Gasteiger charge is -2.09. The number of halogens is 4. The number of rotatable bonds is 5. The minimum Gasteiger partial charge on any atom is -0.206 e. The van der Waals surface area contributed by atoms with E-state index in [1.807, 2.05) is 13.8 Å². The molecule has 0 nitrogen and oxygen atoms in total. The van der Waals surface area contributed by atoms with E-state index in [4.69, 9.17) is 0 Å². The molecule has 0 amide bonds. The van der Waals surface area contributed by atoms with Crippen LogP contribution in [0.25, 0.3) is 5.57 Å². The van der Waals surface area contributed by atoms with Crippen LogP contribution in [-0.4, -0.2) is 0 Å². The Morgan fingerprint density at radius 3 is 2.05 bits per heavy atom. The quantitative estimate of drug-likeness (QED) is 0.531. The lowest BCUT2D eigenvalue weighted by molar-refractivity contribution is -0.137. The summed E-state index contributed by atoms with van der Waals surface area (Å²) in [7, 11) is 0. The van der Waals surface area contributed by atoms with Crippen molar-refractivity contribution >= 4 is 5.57 Å². The van der Waals surface area contributed by atoms with E-state index in [1.165, 1.54) is 12.1 Å². The number of alkyl halides is 3. The predicted molar refractivity (Wildman–Crippen MR) is 80.9 cm³/mol. The smallest absolute Gasteiger partial charge is 0.206 e. The van der Waals surface area contributed by atoms with Gasteiger partial charge in [0.15, 0.2) is 0 Å². The fourth-order valence-electron chi connectivity index (χ4n) is 2.90. The van der Waals surface area contributed by atoms with Crippen molar-refractivity contribution in [1.82, 2.24) is 0 Å². The van der Waals surface area contributed by atoms with Crippen LogP contribution >= 0.6 is 0 Å². The van der Waals surface area contributed by atoms with Crippen LogP contribution in [0.15, 0.2) is 41.2 Å². The maximum absolute atomic E-state index is 14.6. The van der Waals surface area contributed by atoms with E-state index in [0.717, 1.165) is 42.5 Å². The topological polar surface area (TPSA) is 0 Å². The summed E-state index contributed by atoms with van der Waals surface area (Å²) < 4.78 is 52.4. The monoisotopic (exact) mass is 312 g/mol. The fourth-order valence-corrected chi connectivity index (χ4v) is 2.90. The van der Waals surface area contributed by atoms with Gasteiger partial charge in [-0.15, -0.1) is 0 Å². The summed E-state index contributed by atoms with van der Waals surface area (Å²) in [6.07, 6.45) is -0.523. The highest BCUT2D eigenvalue weighted by Gasteiger charge is 2.31. The molecule has 0 saturated carbocycles. The highest BCUT2D eigenvalue weighted by Crippen LogP contribution is 2.43. The molecule has 0 atom stereocenters. The molecule has 1 aliphatic carbocycles. The van der Waals surface area contributed by atoms with Crippen LogP contribution in [0, 0.1) is 0 Å². The van der Waals surface area contributed by atoms with E-state index in [-0.39, 0.29) is 5.83 Å². The highest BCUT2D eigenvalue weighted by molar-refractivity contribution is 5.77. The zero-order chi connectivity index (χ0) is 16.3. The number of hydrogen-bond donors (Lipinski definition) is 0. The van der Waals surface area contributed by atoms with Gasteiger partial charge in [-0.3, -0.25) is 0 Å². The van der Waals surface area contributed by atoms with Crippen LogP contribution < -0.4 is 0 Å². The number of benzene rings is 1. The zero-order valence-corrected chi connectivity index (χ0v) is 12.9. The highest BCUT2D eigenvalue weighted by atomic mass is 19.4. The van der Waals surface area contributed by atoms with Gasteiger partial charge in [0.25, 0.3) is 0 Å². The minimum absolute atomic E-state index is 0.231. The summed E-state index contributed by atoms with van der Waals surface area (Å²) >= 11 is 0. The Bertz CT molecular complexity index is 589. The molecular formula is C18H20F4. The first-order chi connectivity index (χ1) is 10.4. The molecule has 0 N–H and O–H groups in total. The standard InChI is InChI=1S/C18H20F4/c1-3-5-13-11-16(17(19)15(13)6-4-2)12-7-9-14(10-8-12)18(20,21)22/h7-10H,3-6,11H2,1-2H3. The van der Waals surface area contributed by atoms with Crippen LogP contribution in [0.5, 0.6) is 0 Å². The van der Waals surface area contributed by atoms with E-state index in [1.54, 1.807) is 0 Å². The third-order valence-electron chi connectivity index (χ3n) is 3.96. The van der Waals surface area contributed by atoms with Crippen molar-refractivity contribution in [2.75, 3.05) is 0 Å². The molecule has 1 aromatic rings. The van der Waals surface area contributed by atoms with Crippen molar-refractivity contribution in [1.29, 1.82) is 0 Å². The average Bonchev–Trinajstić information content (AvgIpc) is 2.77. The van der Waals surface area contributed by atoms with Crippen LogP contribution in [0.3, 0.4) is 0 Å². The van der Waals surface area contributed by atoms with Gasteiger partial charge < -0.3 is 0 Å². The Kier molecular flexibility index (Phi) is 5.09. The van der Waals surface area contributed by atoms with E-state index < -0.39 is 11.7 Å². The summed E-state index contributed by atoms with van der Waals surface area (Å²) in [5.74, 6) is -0.231. The Hall–Kier alpha value is -1.58. The van der Waals surface area contributed by atoms with Crippen molar-refractivity contribution in [3.05, 3.63) is 52.4 Å². The lowest BCUT2D eigenvalue weighted by atomic mass is 9.99. The summed E-state index contributed by atoms with van der Waals surface area (Å²) in [6.45, 7) is 4.05. The Morgan fingerprint density at radius 1 is 0.955 bits per heavy atom. The van der Waals surface area contributed by atoms with Crippen LogP contribution in [0.2, 0.25) is 0 Å². The van der Waals surface area contributed by atoms with Gasteiger partial charge in [0.1, 0.15) is 5.83 Å². The molecule has 0 unspecified atom stereocenters. The second-order valence-electron chi connectivity index (χ2n) is 5.63. The molecule has 4 heteroatoms. The van der Waals surface area contributed by atoms with Crippen LogP contribution in [0.4, 0.5) is 17.6 Å². The van der Waals surface area contributed by atoms with Crippen molar-refractivity contribution in [3.63, 3.8) is 0 Å². The Labute approximate surface area is 128 Å². The van der Waals surface area contributed by atoms with E-state index in [9.17, 15) is 17.6 Å². The summed E-state index contributed by atoms with van der Waals surface area (Å²) in [5.41, 5.74) is 2.23. The van der Waals surface area contributed by atoms with Gasteiger partial charge in [0, 0.05) is 0 Å². The first-order valence-corrected chi connectivity index (χ1v) is 7.66. The summed E-state index contributed by atoms with van der Waals surface area (Å²) in [4.78, 5) is 0. The zero-order valence-electron chi connectivity index (χ0n) is 12.9. The van der Waals surface area contributed by atoms with Gasteiger partial charge in [-0.25, -0.2) is 4.39 Å². The Balaban J connectivity index is 2.30. The van der Waals surface area contributed by atoms with Crippen molar-refractivity contribution in [3.8, 4) is 0 Å². The molecule has 1 aliphatic rings. The lowest BCUT2D eigenvalue weighted by Crippen LogP contribution is -2.04. The van der Waals surface area contributed by atoms with Crippen molar-refractivity contribution in [2.45, 2.75) is 52.1 Å². The molecule has 0 spiro atoms. The molecule has 2 rings (SSSR count). The maximum atomic E-state index is 14.6. The fraction of sp³-hybridized carbons (Fsp3) is 0.444. The molecule has 0 radical (unpaired) electrons. The molecule has 1 aromatic carbocycles. The molecule has 120 valence electrons. The van der Waals surface area contributed by atoms with E-state index >= 15 is 0 Å². The molecule has 0 heterocycles. The molecule has 0 aromatic heterocycles. The molecule has 0 bridgehead atoms. The number of allylic oxidation sites excluding steroid dienone is 4. The van der Waals surface area contributed by atoms with Gasteiger partial charge in [0.05, 0.1) is 5.56 Å². The maximum Gasteiger partial charge on any atom is 0.416 e. The van der Waals surface area contributed by atoms with Gasteiger partial charge in [-0.1, -0.05) is 44.4 Å². The molecule has 0 saturated heterocycles.